The highest BCUT2D eigenvalue weighted by atomic mass is 79.9. The smallest absolute Gasteiger partial charge is 0.201 e. The summed E-state index contributed by atoms with van der Waals surface area (Å²) in [4.78, 5) is 0. The molecule has 1 aromatic carbocycles. The summed E-state index contributed by atoms with van der Waals surface area (Å²) in [6.45, 7) is 1.75. The number of hydrogen-bond donors (Lipinski definition) is 3. The monoisotopic (exact) mass is 297 g/mol. The fourth-order valence-electron chi connectivity index (χ4n) is 1.03. The number of nitrogens with zero attached hydrogens (tertiary/aromatic N) is 2. The lowest BCUT2D eigenvalue weighted by Gasteiger charge is -2.06. The Morgan fingerprint density at radius 1 is 1.65 bits per heavy atom. The Kier molecular flexibility index (Phi) is 4.17. The van der Waals surface area contributed by atoms with Gasteiger partial charge in [0.2, 0.25) is 5.71 Å². The fraction of sp³-hybridized carbons (Fsp3) is 0.100. The standard InChI is InChI=1S/C10H9BrFN5/c1-5-2-6(11)7(12)3-8(5)16-17-9(4-13)10(14)15/h2-3,16H,1H3,(H3,14,15)/b17-9+. The summed E-state index contributed by atoms with van der Waals surface area (Å²) in [6, 6.07) is 4.46. The Labute approximate surface area is 106 Å². The molecule has 0 spiro atoms. The van der Waals surface area contributed by atoms with Crippen LogP contribution in [0.15, 0.2) is 21.7 Å². The van der Waals surface area contributed by atoms with E-state index in [0.29, 0.717) is 10.2 Å². The highest BCUT2D eigenvalue weighted by Gasteiger charge is 2.06. The molecule has 1 rings (SSSR count). The Bertz CT molecular complexity index is 532. The van der Waals surface area contributed by atoms with Gasteiger partial charge in [-0.3, -0.25) is 10.8 Å². The molecule has 0 saturated carbocycles. The number of benzene rings is 1. The van der Waals surface area contributed by atoms with Crippen LogP contribution in [0, 0.1) is 29.5 Å². The van der Waals surface area contributed by atoms with E-state index in [1.807, 2.05) is 0 Å². The van der Waals surface area contributed by atoms with Crippen molar-refractivity contribution in [2.24, 2.45) is 10.8 Å². The highest BCUT2D eigenvalue weighted by molar-refractivity contribution is 9.10. The molecular formula is C10H9BrFN5. The van der Waals surface area contributed by atoms with E-state index in [9.17, 15) is 4.39 Å². The van der Waals surface area contributed by atoms with Gasteiger partial charge in [-0.2, -0.15) is 10.4 Å². The van der Waals surface area contributed by atoms with E-state index in [4.69, 9.17) is 16.4 Å². The van der Waals surface area contributed by atoms with Crippen LogP contribution in [0.25, 0.3) is 0 Å². The number of anilines is 1. The topological polar surface area (TPSA) is 98.0 Å². The number of nitrogens with two attached hydrogens (primary N) is 1. The molecule has 0 heterocycles. The molecule has 0 amide bonds. The molecule has 0 aliphatic heterocycles. The third-order valence-electron chi connectivity index (χ3n) is 1.92. The first-order chi connectivity index (χ1) is 7.95. The van der Waals surface area contributed by atoms with Gasteiger partial charge in [0.25, 0.3) is 0 Å². The number of halogens is 2. The van der Waals surface area contributed by atoms with Gasteiger partial charge in [-0.25, -0.2) is 4.39 Å². The quantitative estimate of drug-likeness (QED) is 0.453. The van der Waals surface area contributed by atoms with Crippen molar-refractivity contribution < 1.29 is 4.39 Å². The molecule has 0 atom stereocenters. The number of rotatable bonds is 3. The zero-order valence-corrected chi connectivity index (χ0v) is 10.5. The van der Waals surface area contributed by atoms with E-state index < -0.39 is 11.7 Å². The van der Waals surface area contributed by atoms with Crippen LogP contribution in [0.1, 0.15) is 5.56 Å². The van der Waals surface area contributed by atoms with Gasteiger partial charge in [0.05, 0.1) is 10.2 Å². The Hall–Kier alpha value is -1.94. The Morgan fingerprint density at radius 3 is 2.82 bits per heavy atom. The summed E-state index contributed by atoms with van der Waals surface area (Å²) >= 11 is 3.05. The van der Waals surface area contributed by atoms with Gasteiger partial charge in [-0.05, 0) is 34.5 Å². The van der Waals surface area contributed by atoms with Crippen molar-refractivity contribution in [2.75, 3.05) is 5.43 Å². The lowest BCUT2D eigenvalue weighted by atomic mass is 10.2. The molecule has 88 valence electrons. The second-order valence-corrected chi connectivity index (χ2v) is 4.03. The summed E-state index contributed by atoms with van der Waals surface area (Å²) in [6.07, 6.45) is 0. The third-order valence-corrected chi connectivity index (χ3v) is 2.52. The van der Waals surface area contributed by atoms with E-state index >= 15 is 0 Å². The minimum atomic E-state index is -0.449. The van der Waals surface area contributed by atoms with Crippen LogP contribution in [0.2, 0.25) is 0 Å². The minimum absolute atomic E-state index is 0.257. The van der Waals surface area contributed by atoms with Crippen LogP contribution in [-0.2, 0) is 0 Å². The van der Waals surface area contributed by atoms with Crippen molar-refractivity contribution in [2.45, 2.75) is 6.92 Å². The Morgan fingerprint density at radius 2 is 2.29 bits per heavy atom. The lowest BCUT2D eigenvalue weighted by molar-refractivity contribution is 0.621. The van der Waals surface area contributed by atoms with Gasteiger partial charge in [-0.1, -0.05) is 0 Å². The van der Waals surface area contributed by atoms with Crippen LogP contribution in [0.3, 0.4) is 0 Å². The van der Waals surface area contributed by atoms with Gasteiger partial charge in [0.15, 0.2) is 5.84 Å². The Balaban J connectivity index is 3.01. The van der Waals surface area contributed by atoms with Gasteiger partial charge in [-0.15, -0.1) is 0 Å². The molecular weight excluding hydrogens is 289 g/mol. The second-order valence-electron chi connectivity index (χ2n) is 3.18. The summed E-state index contributed by atoms with van der Waals surface area (Å²) in [5.41, 5.74) is 8.49. The van der Waals surface area contributed by atoms with Gasteiger partial charge in [0, 0.05) is 6.07 Å². The number of amidine groups is 1. The predicted molar refractivity (Wildman–Crippen MR) is 67.4 cm³/mol. The zero-order chi connectivity index (χ0) is 13.0. The van der Waals surface area contributed by atoms with Crippen molar-refractivity contribution in [3.63, 3.8) is 0 Å². The molecule has 0 fully saturated rings. The minimum Gasteiger partial charge on any atom is -0.382 e. The molecule has 0 aliphatic carbocycles. The normalized spacial score (nSPS) is 10.8. The average Bonchev–Trinajstić information content (AvgIpc) is 2.25. The maximum Gasteiger partial charge on any atom is 0.201 e. The molecule has 1 aromatic rings. The van der Waals surface area contributed by atoms with Crippen molar-refractivity contribution in [1.29, 1.82) is 10.7 Å². The molecule has 0 radical (unpaired) electrons. The van der Waals surface area contributed by atoms with E-state index in [-0.39, 0.29) is 5.71 Å². The van der Waals surface area contributed by atoms with Gasteiger partial charge < -0.3 is 5.73 Å². The lowest BCUT2D eigenvalue weighted by Crippen LogP contribution is -2.22. The van der Waals surface area contributed by atoms with E-state index in [1.54, 1.807) is 19.1 Å². The molecule has 4 N–H and O–H groups in total. The molecule has 0 unspecified atom stereocenters. The second kappa shape index (κ2) is 5.41. The summed E-state index contributed by atoms with van der Waals surface area (Å²) in [5.74, 6) is -0.898. The highest BCUT2D eigenvalue weighted by Crippen LogP contribution is 2.23. The predicted octanol–water partition coefficient (Wildman–Crippen LogP) is 2.12. The molecule has 0 aliphatic rings. The third kappa shape index (κ3) is 3.26. The zero-order valence-electron chi connectivity index (χ0n) is 8.88. The summed E-state index contributed by atoms with van der Waals surface area (Å²) in [7, 11) is 0. The molecule has 17 heavy (non-hydrogen) atoms. The molecule has 0 aromatic heterocycles. The van der Waals surface area contributed by atoms with Crippen molar-refractivity contribution in [3.05, 3.63) is 28.0 Å². The van der Waals surface area contributed by atoms with Crippen molar-refractivity contribution >= 4 is 33.2 Å². The van der Waals surface area contributed by atoms with Crippen LogP contribution >= 0.6 is 15.9 Å². The number of nitrogens with one attached hydrogen (secondary N) is 2. The fourth-order valence-corrected chi connectivity index (χ4v) is 1.49. The first-order valence-electron chi connectivity index (χ1n) is 4.49. The first-order valence-corrected chi connectivity index (χ1v) is 5.29. The molecule has 0 bridgehead atoms. The maximum atomic E-state index is 13.3. The van der Waals surface area contributed by atoms with Crippen molar-refractivity contribution in [1.82, 2.24) is 0 Å². The summed E-state index contributed by atoms with van der Waals surface area (Å²) in [5, 5.41) is 19.3. The van der Waals surface area contributed by atoms with Gasteiger partial charge >= 0.3 is 0 Å². The molecule has 0 saturated heterocycles. The molecule has 5 nitrogen and oxygen atoms in total. The number of hydrazone groups is 1. The van der Waals surface area contributed by atoms with E-state index in [1.165, 1.54) is 6.07 Å². The maximum absolute atomic E-state index is 13.3. The number of hydrogen-bond acceptors (Lipinski definition) is 4. The van der Waals surface area contributed by atoms with E-state index in [0.717, 1.165) is 5.56 Å². The SMILES string of the molecule is Cc1cc(Br)c(F)cc1N/N=C(\C#N)C(=N)N. The van der Waals surface area contributed by atoms with Crippen LogP contribution in [0.5, 0.6) is 0 Å². The first kappa shape index (κ1) is 13.1. The van der Waals surface area contributed by atoms with Crippen LogP contribution in [0.4, 0.5) is 10.1 Å². The van der Waals surface area contributed by atoms with E-state index in [2.05, 4.69) is 26.5 Å². The van der Waals surface area contributed by atoms with Crippen LogP contribution in [-0.4, -0.2) is 11.5 Å². The van der Waals surface area contributed by atoms with Crippen LogP contribution < -0.4 is 11.2 Å². The number of aryl methyl sites for hydroxylation is 1. The van der Waals surface area contributed by atoms with Gasteiger partial charge in [0.1, 0.15) is 11.9 Å². The molecule has 7 heteroatoms. The average molecular weight is 298 g/mol. The largest absolute Gasteiger partial charge is 0.382 e. The summed E-state index contributed by atoms with van der Waals surface area (Å²) < 4.78 is 13.6. The van der Waals surface area contributed by atoms with Crippen molar-refractivity contribution in [3.8, 4) is 6.07 Å². The number of nitriles is 1.